The number of ketones is 1. The number of halogens is 2. The van der Waals surface area contributed by atoms with Crippen molar-refractivity contribution in [1.82, 2.24) is 0 Å². The van der Waals surface area contributed by atoms with Gasteiger partial charge in [-0.3, -0.25) is 4.79 Å². The molecule has 4 nitrogen and oxygen atoms in total. The van der Waals surface area contributed by atoms with E-state index in [9.17, 15) is 17.6 Å². The van der Waals surface area contributed by atoms with Crippen LogP contribution in [-0.2, 0) is 9.84 Å². The molecule has 0 aromatic heterocycles. The normalized spacial score (nSPS) is 14.8. The van der Waals surface area contributed by atoms with E-state index in [-0.39, 0.29) is 16.1 Å². The number of Topliss-reactive ketones (excluding diaryl/α,β-unsaturated/α-hetero) is 1. The van der Waals surface area contributed by atoms with Crippen molar-refractivity contribution in [2.75, 3.05) is 11.2 Å². The lowest BCUT2D eigenvalue weighted by Gasteiger charge is -2.29. The molecule has 3 aromatic rings. The zero-order valence-electron chi connectivity index (χ0n) is 15.7. The van der Waals surface area contributed by atoms with Gasteiger partial charge in [-0.2, -0.15) is 0 Å². The average Bonchev–Trinajstić information content (AvgIpc) is 2.73. The fourth-order valence-corrected chi connectivity index (χ4v) is 5.28. The molecule has 0 bridgehead atoms. The fourth-order valence-electron chi connectivity index (χ4n) is 3.18. The van der Waals surface area contributed by atoms with E-state index in [0.717, 1.165) is 17.0 Å². The van der Waals surface area contributed by atoms with Gasteiger partial charge >= 0.3 is 0 Å². The second-order valence-electron chi connectivity index (χ2n) is 6.52. The van der Waals surface area contributed by atoms with Crippen LogP contribution in [0.15, 0.2) is 87.6 Å². The maximum absolute atomic E-state index is 14.0. The molecule has 0 fully saturated rings. The number of fused-ring (bicyclic) bond motifs is 1. The number of carbonyl (C=O) groups excluding carboxylic acids is 1. The van der Waals surface area contributed by atoms with E-state index < -0.39 is 26.3 Å². The lowest BCUT2D eigenvalue weighted by atomic mass is 10.1. The Bertz CT molecular complexity index is 1290. The molecule has 1 heterocycles. The first-order chi connectivity index (χ1) is 14.3. The summed E-state index contributed by atoms with van der Waals surface area (Å²) in [6, 6.07) is 16.7. The number of benzene rings is 3. The highest BCUT2D eigenvalue weighted by molar-refractivity contribution is 7.98. The molecule has 0 saturated carbocycles. The summed E-state index contributed by atoms with van der Waals surface area (Å²) in [6.07, 6.45) is 3.17. The van der Waals surface area contributed by atoms with Crippen molar-refractivity contribution < 1.29 is 17.6 Å². The summed E-state index contributed by atoms with van der Waals surface area (Å²) in [6.45, 7) is 0. The van der Waals surface area contributed by atoms with Gasteiger partial charge in [0.2, 0.25) is 15.6 Å². The van der Waals surface area contributed by atoms with Crippen LogP contribution in [0.5, 0.6) is 0 Å². The molecule has 0 atom stereocenters. The Labute approximate surface area is 182 Å². The molecule has 30 heavy (non-hydrogen) atoms. The van der Waals surface area contributed by atoms with Crippen LogP contribution in [-0.4, -0.2) is 20.5 Å². The van der Waals surface area contributed by atoms with E-state index in [0.29, 0.717) is 10.7 Å². The standard InChI is InChI=1S/C22H15ClFNO3S2/c1-29-18-4-2-3-17(12-18)25-13-21(22(26)14-5-7-15(23)8-6-14)30(27,28)20-10-9-16(24)11-19(20)25/h2-13H,1H3. The number of carbonyl (C=O) groups is 1. The second kappa shape index (κ2) is 7.91. The van der Waals surface area contributed by atoms with Crippen LogP contribution < -0.4 is 4.90 Å². The van der Waals surface area contributed by atoms with E-state index >= 15 is 0 Å². The Morgan fingerprint density at radius 2 is 1.77 bits per heavy atom. The van der Waals surface area contributed by atoms with Gasteiger partial charge in [0.1, 0.15) is 10.7 Å². The van der Waals surface area contributed by atoms with Gasteiger partial charge in [-0.25, -0.2) is 12.8 Å². The van der Waals surface area contributed by atoms with Crippen molar-refractivity contribution in [3.05, 3.63) is 94.2 Å². The van der Waals surface area contributed by atoms with Crippen molar-refractivity contribution in [2.24, 2.45) is 0 Å². The van der Waals surface area contributed by atoms with E-state index in [1.54, 1.807) is 6.07 Å². The third kappa shape index (κ3) is 3.64. The van der Waals surface area contributed by atoms with Crippen LogP contribution in [0, 0.1) is 5.82 Å². The number of hydrogen-bond acceptors (Lipinski definition) is 5. The van der Waals surface area contributed by atoms with E-state index in [4.69, 9.17) is 11.6 Å². The Hall–Kier alpha value is -2.61. The van der Waals surface area contributed by atoms with Crippen molar-refractivity contribution >= 4 is 50.4 Å². The minimum Gasteiger partial charge on any atom is -0.314 e. The van der Waals surface area contributed by atoms with Gasteiger partial charge < -0.3 is 4.90 Å². The monoisotopic (exact) mass is 459 g/mol. The molecule has 152 valence electrons. The lowest BCUT2D eigenvalue weighted by molar-refractivity contribution is 0.104. The van der Waals surface area contributed by atoms with E-state index in [1.165, 1.54) is 53.2 Å². The van der Waals surface area contributed by atoms with Crippen molar-refractivity contribution in [3.8, 4) is 0 Å². The highest BCUT2D eigenvalue weighted by Crippen LogP contribution is 2.41. The Kier molecular flexibility index (Phi) is 5.44. The summed E-state index contributed by atoms with van der Waals surface area (Å²) in [4.78, 5) is 15.1. The number of anilines is 2. The largest absolute Gasteiger partial charge is 0.314 e. The minimum atomic E-state index is -4.15. The molecule has 3 aromatic carbocycles. The summed E-state index contributed by atoms with van der Waals surface area (Å²) < 4.78 is 40.5. The summed E-state index contributed by atoms with van der Waals surface area (Å²) in [7, 11) is -4.15. The molecule has 0 unspecified atom stereocenters. The Balaban J connectivity index is 1.93. The lowest BCUT2D eigenvalue weighted by Crippen LogP contribution is -2.26. The van der Waals surface area contributed by atoms with Crippen LogP contribution in [0.1, 0.15) is 10.4 Å². The number of nitrogens with zero attached hydrogens (tertiary/aromatic N) is 1. The molecule has 0 amide bonds. The first kappa shape index (κ1) is 20.7. The van der Waals surface area contributed by atoms with Crippen molar-refractivity contribution in [3.63, 3.8) is 0 Å². The third-order valence-electron chi connectivity index (χ3n) is 4.67. The number of hydrogen-bond donors (Lipinski definition) is 0. The molecule has 8 heteroatoms. The smallest absolute Gasteiger partial charge is 0.214 e. The highest BCUT2D eigenvalue weighted by atomic mass is 35.5. The first-order valence-corrected chi connectivity index (χ1v) is 11.9. The Morgan fingerprint density at radius 3 is 2.47 bits per heavy atom. The summed E-state index contributed by atoms with van der Waals surface area (Å²) in [5, 5.41) is 0.434. The van der Waals surface area contributed by atoms with Crippen LogP contribution in [0.25, 0.3) is 0 Å². The van der Waals surface area contributed by atoms with Gasteiger partial charge in [0, 0.05) is 27.4 Å². The topological polar surface area (TPSA) is 54.5 Å². The van der Waals surface area contributed by atoms with E-state index in [2.05, 4.69) is 0 Å². The summed E-state index contributed by atoms with van der Waals surface area (Å²) >= 11 is 7.40. The molecule has 0 spiro atoms. The zero-order valence-corrected chi connectivity index (χ0v) is 18.1. The number of thioether (sulfide) groups is 1. The number of allylic oxidation sites excluding steroid dienone is 1. The van der Waals surface area contributed by atoms with Crippen LogP contribution in [0.2, 0.25) is 5.02 Å². The molecule has 0 N–H and O–H groups in total. The Morgan fingerprint density at radius 1 is 1.03 bits per heavy atom. The molecule has 4 rings (SSSR count). The fraction of sp³-hybridized carbons (Fsp3) is 0.0455. The van der Waals surface area contributed by atoms with Gasteiger partial charge in [0.25, 0.3) is 0 Å². The predicted molar refractivity (Wildman–Crippen MR) is 118 cm³/mol. The molecule has 1 aliphatic rings. The third-order valence-corrected chi connectivity index (χ3v) is 7.44. The maximum atomic E-state index is 14.0. The first-order valence-electron chi connectivity index (χ1n) is 8.81. The molecular weight excluding hydrogens is 445 g/mol. The van der Waals surface area contributed by atoms with Crippen molar-refractivity contribution in [2.45, 2.75) is 9.79 Å². The SMILES string of the molecule is CSc1cccc(N2C=C(C(=O)c3ccc(Cl)cc3)S(=O)(=O)c3ccc(F)cc32)c1. The molecule has 1 aliphatic heterocycles. The quantitative estimate of drug-likeness (QED) is 0.278. The zero-order chi connectivity index (χ0) is 21.5. The highest BCUT2D eigenvalue weighted by Gasteiger charge is 2.36. The van der Waals surface area contributed by atoms with Gasteiger partial charge in [-0.05, 0) is 66.9 Å². The molecule has 0 saturated heterocycles. The number of rotatable bonds is 4. The summed E-state index contributed by atoms with van der Waals surface area (Å²) in [5.41, 5.74) is 0.962. The summed E-state index contributed by atoms with van der Waals surface area (Å²) in [5.74, 6) is -1.23. The molecule has 0 radical (unpaired) electrons. The van der Waals surface area contributed by atoms with Gasteiger partial charge in [-0.15, -0.1) is 11.8 Å². The average molecular weight is 460 g/mol. The molecule has 0 aliphatic carbocycles. The van der Waals surface area contributed by atoms with Crippen molar-refractivity contribution in [1.29, 1.82) is 0 Å². The van der Waals surface area contributed by atoms with Crippen LogP contribution >= 0.6 is 23.4 Å². The van der Waals surface area contributed by atoms with Gasteiger partial charge in [0.15, 0.2) is 0 Å². The molecular formula is C22H15ClFNO3S2. The van der Waals surface area contributed by atoms with Gasteiger partial charge in [-0.1, -0.05) is 17.7 Å². The van der Waals surface area contributed by atoms with Gasteiger partial charge in [0.05, 0.1) is 10.6 Å². The van der Waals surface area contributed by atoms with E-state index in [1.807, 2.05) is 24.5 Å². The number of sulfone groups is 1. The second-order valence-corrected chi connectivity index (χ2v) is 9.72. The maximum Gasteiger partial charge on any atom is 0.214 e. The van der Waals surface area contributed by atoms with Crippen LogP contribution in [0.4, 0.5) is 15.8 Å². The van der Waals surface area contributed by atoms with Crippen LogP contribution in [0.3, 0.4) is 0 Å². The minimum absolute atomic E-state index is 0.127. The predicted octanol–water partition coefficient (Wildman–Crippen LogP) is 5.85.